The number of anilines is 1. The van der Waals surface area contributed by atoms with Crippen LogP contribution in [0.4, 0.5) is 5.69 Å². The lowest BCUT2D eigenvalue weighted by atomic mass is 9.91. The Hall–Kier alpha value is -2.36. The molecule has 0 saturated heterocycles. The van der Waals surface area contributed by atoms with Crippen molar-refractivity contribution in [3.63, 3.8) is 0 Å². The predicted octanol–water partition coefficient (Wildman–Crippen LogP) is 4.18. The van der Waals surface area contributed by atoms with Gasteiger partial charge in [0.15, 0.2) is 0 Å². The number of hydrogen-bond acceptors (Lipinski definition) is 3. The van der Waals surface area contributed by atoms with E-state index in [1.807, 2.05) is 42.5 Å². The molecule has 1 N–H and O–H groups in total. The molecule has 0 bridgehead atoms. The highest BCUT2D eigenvalue weighted by Gasteiger charge is 2.15. The lowest BCUT2D eigenvalue weighted by molar-refractivity contribution is -0.116. The molecule has 1 amide bonds. The van der Waals surface area contributed by atoms with Crippen molar-refractivity contribution in [2.24, 2.45) is 0 Å². The van der Waals surface area contributed by atoms with Crippen LogP contribution in [0.5, 0.6) is 5.75 Å². The van der Waals surface area contributed by atoms with Gasteiger partial charge in [0.1, 0.15) is 5.75 Å². The van der Waals surface area contributed by atoms with Gasteiger partial charge < -0.3 is 10.1 Å². The maximum atomic E-state index is 12.0. The zero-order valence-electron chi connectivity index (χ0n) is 14.0. The fourth-order valence-electron chi connectivity index (χ4n) is 2.08. The van der Waals surface area contributed by atoms with Crippen LogP contribution in [-0.4, -0.2) is 17.5 Å². The first-order valence-electron chi connectivity index (χ1n) is 7.89. The van der Waals surface area contributed by atoms with E-state index in [1.54, 1.807) is 6.20 Å². The molecular formula is C19H24N2O2. The summed E-state index contributed by atoms with van der Waals surface area (Å²) in [6.07, 6.45) is 2.84. The lowest BCUT2D eigenvalue weighted by Gasteiger charge is -2.18. The molecule has 1 heterocycles. The number of carbonyl (C=O) groups excluding carboxylic acids is 1. The van der Waals surface area contributed by atoms with Crippen LogP contribution in [-0.2, 0) is 10.2 Å². The summed E-state index contributed by atoms with van der Waals surface area (Å²) < 4.78 is 5.58. The number of carbonyl (C=O) groups is 1. The van der Waals surface area contributed by atoms with Crippen molar-refractivity contribution in [1.82, 2.24) is 4.98 Å². The Morgan fingerprint density at radius 3 is 2.61 bits per heavy atom. The van der Waals surface area contributed by atoms with E-state index in [9.17, 15) is 4.79 Å². The van der Waals surface area contributed by atoms with Crippen LogP contribution in [0.3, 0.4) is 0 Å². The summed E-state index contributed by atoms with van der Waals surface area (Å²) in [5.41, 5.74) is 1.71. The highest BCUT2D eigenvalue weighted by atomic mass is 16.5. The first-order valence-corrected chi connectivity index (χ1v) is 7.89. The first-order chi connectivity index (χ1) is 10.9. The standard InChI is InChI=1S/C19H24N2O2/c1-19(2,3)17-14-15(11-12-20-17)21-18(22)10-7-13-23-16-8-5-4-6-9-16/h4-6,8-9,11-12,14H,7,10,13H2,1-3H3,(H,20,21,22). The van der Waals surface area contributed by atoms with E-state index in [2.05, 4.69) is 31.1 Å². The molecule has 0 unspecified atom stereocenters. The molecule has 0 saturated carbocycles. The number of amides is 1. The van der Waals surface area contributed by atoms with Crippen molar-refractivity contribution in [3.05, 3.63) is 54.4 Å². The zero-order chi connectivity index (χ0) is 16.7. The largest absolute Gasteiger partial charge is 0.494 e. The third-order valence-corrected chi connectivity index (χ3v) is 3.37. The Morgan fingerprint density at radius 2 is 1.91 bits per heavy atom. The second-order valence-corrected chi connectivity index (χ2v) is 6.49. The van der Waals surface area contributed by atoms with Gasteiger partial charge in [0.05, 0.1) is 6.61 Å². The van der Waals surface area contributed by atoms with E-state index in [1.165, 1.54) is 0 Å². The van der Waals surface area contributed by atoms with Gasteiger partial charge in [-0.15, -0.1) is 0 Å². The molecule has 0 atom stereocenters. The van der Waals surface area contributed by atoms with Gasteiger partial charge in [-0.05, 0) is 30.7 Å². The van der Waals surface area contributed by atoms with Crippen molar-refractivity contribution in [2.75, 3.05) is 11.9 Å². The quantitative estimate of drug-likeness (QED) is 0.814. The van der Waals surface area contributed by atoms with Gasteiger partial charge in [-0.25, -0.2) is 0 Å². The first kappa shape index (κ1) is 17.0. The minimum absolute atomic E-state index is 0.00674. The number of hydrogen-bond donors (Lipinski definition) is 1. The third-order valence-electron chi connectivity index (χ3n) is 3.37. The number of nitrogens with zero attached hydrogens (tertiary/aromatic N) is 1. The van der Waals surface area contributed by atoms with Crippen LogP contribution in [0.2, 0.25) is 0 Å². The van der Waals surface area contributed by atoms with E-state index < -0.39 is 0 Å². The van der Waals surface area contributed by atoms with Crippen molar-refractivity contribution in [3.8, 4) is 5.75 Å². The number of benzene rings is 1. The summed E-state index contributed by atoms with van der Waals surface area (Å²) in [4.78, 5) is 16.4. The predicted molar refractivity (Wildman–Crippen MR) is 92.7 cm³/mol. The van der Waals surface area contributed by atoms with Crippen molar-refractivity contribution < 1.29 is 9.53 Å². The molecule has 1 aromatic carbocycles. The highest BCUT2D eigenvalue weighted by Crippen LogP contribution is 2.22. The minimum Gasteiger partial charge on any atom is -0.494 e. The summed E-state index contributed by atoms with van der Waals surface area (Å²) in [6.45, 7) is 6.83. The fraction of sp³-hybridized carbons (Fsp3) is 0.368. The summed E-state index contributed by atoms with van der Waals surface area (Å²) in [7, 11) is 0. The number of aromatic nitrogens is 1. The number of pyridine rings is 1. The Morgan fingerprint density at radius 1 is 1.17 bits per heavy atom. The minimum atomic E-state index is -0.0374. The van der Waals surface area contributed by atoms with Gasteiger partial charge in [0, 0.05) is 29.4 Å². The van der Waals surface area contributed by atoms with Crippen LogP contribution in [0.15, 0.2) is 48.7 Å². The molecule has 0 aliphatic rings. The van der Waals surface area contributed by atoms with Crippen molar-refractivity contribution in [2.45, 2.75) is 39.0 Å². The average Bonchev–Trinajstić information content (AvgIpc) is 2.52. The second-order valence-electron chi connectivity index (χ2n) is 6.49. The van der Waals surface area contributed by atoms with E-state index >= 15 is 0 Å². The fourth-order valence-corrected chi connectivity index (χ4v) is 2.08. The topological polar surface area (TPSA) is 51.2 Å². The summed E-state index contributed by atoms with van der Waals surface area (Å²) >= 11 is 0. The molecule has 0 aliphatic heterocycles. The number of nitrogens with one attached hydrogen (secondary N) is 1. The van der Waals surface area contributed by atoms with Gasteiger partial charge in [0.2, 0.25) is 5.91 Å². The Balaban J connectivity index is 1.77. The van der Waals surface area contributed by atoms with E-state index in [0.717, 1.165) is 17.1 Å². The number of rotatable bonds is 6. The maximum Gasteiger partial charge on any atom is 0.224 e. The molecule has 2 aromatic rings. The Bertz CT molecular complexity index is 633. The van der Waals surface area contributed by atoms with Crippen LogP contribution in [0.25, 0.3) is 0 Å². The molecule has 2 rings (SSSR count). The molecule has 1 aromatic heterocycles. The molecule has 4 nitrogen and oxygen atoms in total. The van der Waals surface area contributed by atoms with Gasteiger partial charge >= 0.3 is 0 Å². The molecule has 23 heavy (non-hydrogen) atoms. The van der Waals surface area contributed by atoms with Crippen LogP contribution >= 0.6 is 0 Å². The third kappa shape index (κ3) is 5.74. The van der Waals surface area contributed by atoms with E-state index in [-0.39, 0.29) is 11.3 Å². The van der Waals surface area contributed by atoms with Crippen LogP contribution < -0.4 is 10.1 Å². The van der Waals surface area contributed by atoms with E-state index in [4.69, 9.17) is 4.74 Å². The molecule has 4 heteroatoms. The number of para-hydroxylation sites is 1. The van der Waals surface area contributed by atoms with Gasteiger partial charge in [-0.3, -0.25) is 9.78 Å². The highest BCUT2D eigenvalue weighted by molar-refractivity contribution is 5.90. The molecule has 0 fully saturated rings. The molecule has 0 aliphatic carbocycles. The molecule has 0 radical (unpaired) electrons. The Kier molecular flexibility index (Phi) is 5.74. The summed E-state index contributed by atoms with van der Waals surface area (Å²) in [6, 6.07) is 13.4. The van der Waals surface area contributed by atoms with E-state index in [0.29, 0.717) is 19.4 Å². The van der Waals surface area contributed by atoms with Gasteiger partial charge in [0.25, 0.3) is 0 Å². The Labute approximate surface area is 137 Å². The summed E-state index contributed by atoms with van der Waals surface area (Å²) in [5.74, 6) is 0.824. The van der Waals surface area contributed by atoms with Crippen molar-refractivity contribution >= 4 is 11.6 Å². The van der Waals surface area contributed by atoms with Gasteiger partial charge in [-0.2, -0.15) is 0 Å². The maximum absolute atomic E-state index is 12.0. The average molecular weight is 312 g/mol. The number of ether oxygens (including phenoxy) is 1. The smallest absolute Gasteiger partial charge is 0.224 e. The molecule has 0 spiro atoms. The lowest BCUT2D eigenvalue weighted by Crippen LogP contribution is -2.16. The van der Waals surface area contributed by atoms with Crippen molar-refractivity contribution in [1.29, 1.82) is 0 Å². The van der Waals surface area contributed by atoms with Crippen LogP contribution in [0, 0.1) is 0 Å². The second kappa shape index (κ2) is 7.77. The summed E-state index contributed by atoms with van der Waals surface area (Å²) in [5, 5.41) is 2.92. The van der Waals surface area contributed by atoms with Crippen LogP contribution in [0.1, 0.15) is 39.3 Å². The normalized spacial score (nSPS) is 11.1. The monoisotopic (exact) mass is 312 g/mol. The van der Waals surface area contributed by atoms with Gasteiger partial charge in [-0.1, -0.05) is 39.0 Å². The SMILES string of the molecule is CC(C)(C)c1cc(NC(=O)CCCOc2ccccc2)ccn1. The zero-order valence-corrected chi connectivity index (χ0v) is 14.0. The molecule has 122 valence electrons. The molecular weight excluding hydrogens is 288 g/mol.